The zero-order valence-corrected chi connectivity index (χ0v) is 24.9. The van der Waals surface area contributed by atoms with E-state index >= 15 is 0 Å². The van der Waals surface area contributed by atoms with Crippen LogP contribution in [-0.2, 0) is 22.7 Å². The number of amides is 2. The Labute approximate surface area is 240 Å². The van der Waals surface area contributed by atoms with E-state index in [0.29, 0.717) is 13.1 Å². The molecule has 40 heavy (non-hydrogen) atoms. The Hall–Kier alpha value is -3.10. The van der Waals surface area contributed by atoms with E-state index in [4.69, 9.17) is 9.47 Å². The molecule has 0 atom stereocenters. The second-order valence-electron chi connectivity index (χ2n) is 10.4. The van der Waals surface area contributed by atoms with Crippen LogP contribution in [0.1, 0.15) is 50.7 Å². The number of hydrogen-bond acceptors (Lipinski definition) is 6. The van der Waals surface area contributed by atoms with Gasteiger partial charge in [-0.25, -0.2) is 0 Å². The van der Waals surface area contributed by atoms with Crippen LogP contribution >= 0.6 is 0 Å². The van der Waals surface area contributed by atoms with E-state index < -0.39 is 0 Å². The molecule has 0 N–H and O–H groups in total. The Morgan fingerprint density at radius 2 is 1.05 bits per heavy atom. The predicted molar refractivity (Wildman–Crippen MR) is 160 cm³/mol. The molecule has 220 valence electrons. The number of nitrogens with zero attached hydrogens (tertiary/aromatic N) is 4. The lowest BCUT2D eigenvalue weighted by atomic mass is 10.1. The summed E-state index contributed by atoms with van der Waals surface area (Å²) in [7, 11) is 3.41. The number of carbonyl (C=O) groups is 2. The van der Waals surface area contributed by atoms with Gasteiger partial charge in [-0.2, -0.15) is 0 Å². The molecule has 0 aliphatic carbocycles. The first-order valence-electron chi connectivity index (χ1n) is 14.7. The van der Waals surface area contributed by atoms with E-state index in [0.717, 1.165) is 76.5 Å². The Morgan fingerprint density at radius 1 is 0.650 bits per heavy atom. The molecule has 1 saturated heterocycles. The average molecular weight is 553 g/mol. The molecule has 8 nitrogen and oxygen atoms in total. The largest absolute Gasteiger partial charge is 0.496 e. The number of hydrogen-bond donors (Lipinski definition) is 0. The molecule has 2 aromatic rings. The van der Waals surface area contributed by atoms with E-state index in [1.165, 1.54) is 11.1 Å². The zero-order valence-electron chi connectivity index (χ0n) is 24.9. The Kier molecular flexibility index (Phi) is 13.3. The summed E-state index contributed by atoms with van der Waals surface area (Å²) in [5.74, 6) is 1.96. The van der Waals surface area contributed by atoms with Crippen LogP contribution in [0.4, 0.5) is 0 Å². The van der Waals surface area contributed by atoms with Crippen molar-refractivity contribution in [3.63, 3.8) is 0 Å². The minimum Gasteiger partial charge on any atom is -0.496 e. The molecule has 0 aromatic heterocycles. The topological polar surface area (TPSA) is 65.6 Å². The summed E-state index contributed by atoms with van der Waals surface area (Å²) in [5.41, 5.74) is 2.37. The molecule has 2 aromatic carbocycles. The third kappa shape index (κ3) is 9.52. The minimum atomic E-state index is 0.0623. The molecule has 0 spiro atoms. The fourth-order valence-electron chi connectivity index (χ4n) is 5.23. The van der Waals surface area contributed by atoms with Crippen LogP contribution in [-0.4, -0.2) is 98.0 Å². The van der Waals surface area contributed by atoms with E-state index in [9.17, 15) is 9.59 Å². The number of carbonyl (C=O) groups excluding carboxylic acids is 2. The summed E-state index contributed by atoms with van der Waals surface area (Å²) >= 11 is 0. The van der Waals surface area contributed by atoms with Crippen molar-refractivity contribution in [2.75, 3.05) is 66.6 Å². The molecule has 0 saturated carbocycles. The molecule has 1 aliphatic heterocycles. The number of benzene rings is 2. The molecule has 1 fully saturated rings. The van der Waals surface area contributed by atoms with Crippen LogP contribution in [0.3, 0.4) is 0 Å². The summed E-state index contributed by atoms with van der Waals surface area (Å²) in [6, 6.07) is 16.3. The van der Waals surface area contributed by atoms with Gasteiger partial charge in [-0.3, -0.25) is 19.4 Å². The van der Waals surface area contributed by atoms with Crippen molar-refractivity contribution >= 4 is 11.8 Å². The van der Waals surface area contributed by atoms with Crippen molar-refractivity contribution in [1.82, 2.24) is 19.6 Å². The highest BCUT2D eigenvalue weighted by Crippen LogP contribution is 2.20. The summed E-state index contributed by atoms with van der Waals surface area (Å²) in [6.07, 6.45) is 3.74. The zero-order chi connectivity index (χ0) is 28.7. The minimum absolute atomic E-state index is 0.0623. The highest BCUT2D eigenvalue weighted by atomic mass is 16.5. The first-order chi connectivity index (χ1) is 19.5. The molecule has 8 heteroatoms. The van der Waals surface area contributed by atoms with Gasteiger partial charge in [0.2, 0.25) is 11.8 Å². The fourth-order valence-corrected chi connectivity index (χ4v) is 5.23. The maximum absolute atomic E-state index is 12.8. The molecule has 3 rings (SSSR count). The lowest BCUT2D eigenvalue weighted by Crippen LogP contribution is -2.54. The van der Waals surface area contributed by atoms with Gasteiger partial charge in [-0.1, -0.05) is 50.2 Å². The van der Waals surface area contributed by atoms with Gasteiger partial charge in [0.1, 0.15) is 11.5 Å². The van der Waals surface area contributed by atoms with Crippen LogP contribution < -0.4 is 9.47 Å². The highest BCUT2D eigenvalue weighted by Gasteiger charge is 2.29. The van der Waals surface area contributed by atoms with Gasteiger partial charge in [0.25, 0.3) is 0 Å². The number of methoxy groups -OCH3 is 2. The normalized spacial score (nSPS) is 13.9. The lowest BCUT2D eigenvalue weighted by molar-refractivity contribution is -0.150. The van der Waals surface area contributed by atoms with E-state index in [1.807, 2.05) is 36.4 Å². The van der Waals surface area contributed by atoms with Crippen molar-refractivity contribution < 1.29 is 19.1 Å². The van der Waals surface area contributed by atoms with Crippen LogP contribution in [0, 0.1) is 0 Å². The smallest absolute Gasteiger partial charge is 0.242 e. The number of rotatable bonds is 18. The number of ether oxygens (including phenoxy) is 2. The second kappa shape index (κ2) is 16.9. The predicted octanol–water partition coefficient (Wildman–Crippen LogP) is 4.28. The van der Waals surface area contributed by atoms with Crippen molar-refractivity contribution in [2.45, 2.75) is 52.6 Å². The van der Waals surface area contributed by atoms with Crippen LogP contribution in [0.5, 0.6) is 11.5 Å². The maximum atomic E-state index is 12.8. The van der Waals surface area contributed by atoms with Gasteiger partial charge in [-0.15, -0.1) is 0 Å². The molecular formula is C32H48N4O4. The summed E-state index contributed by atoms with van der Waals surface area (Å²) in [6.45, 7) is 11.5. The van der Waals surface area contributed by atoms with Crippen molar-refractivity contribution in [1.29, 1.82) is 0 Å². The van der Waals surface area contributed by atoms with Gasteiger partial charge in [-0.05, 0) is 64.0 Å². The van der Waals surface area contributed by atoms with E-state index in [2.05, 4.69) is 35.8 Å². The lowest BCUT2D eigenvalue weighted by Gasteiger charge is -2.34. The van der Waals surface area contributed by atoms with Crippen molar-refractivity contribution in [2.24, 2.45) is 0 Å². The maximum Gasteiger partial charge on any atom is 0.242 e. The van der Waals surface area contributed by atoms with Crippen LogP contribution in [0.15, 0.2) is 48.5 Å². The molecular weight excluding hydrogens is 504 g/mol. The van der Waals surface area contributed by atoms with Gasteiger partial charge < -0.3 is 19.3 Å². The second-order valence-corrected chi connectivity index (χ2v) is 10.4. The number of para-hydroxylation sites is 2. The highest BCUT2D eigenvalue weighted by molar-refractivity contribution is 5.92. The molecule has 0 radical (unpaired) electrons. The van der Waals surface area contributed by atoms with Crippen LogP contribution in [0.25, 0.3) is 0 Å². The van der Waals surface area contributed by atoms with Gasteiger partial charge in [0, 0.05) is 37.3 Å². The average Bonchev–Trinajstić information content (AvgIpc) is 2.98. The first-order valence-corrected chi connectivity index (χ1v) is 14.7. The molecule has 1 aliphatic rings. The molecule has 1 heterocycles. The first kappa shape index (κ1) is 31.4. The monoisotopic (exact) mass is 552 g/mol. The Morgan fingerprint density at radius 3 is 1.43 bits per heavy atom. The molecule has 2 amide bonds. The van der Waals surface area contributed by atoms with E-state index in [1.54, 1.807) is 24.0 Å². The van der Waals surface area contributed by atoms with Gasteiger partial charge in [0.15, 0.2) is 0 Å². The van der Waals surface area contributed by atoms with Gasteiger partial charge >= 0.3 is 0 Å². The number of unbranched alkanes of at least 4 members (excludes halogenated alkanes) is 2. The Balaban J connectivity index is 1.34. The third-order valence-electron chi connectivity index (χ3n) is 7.73. The SMILES string of the molecule is CCN(CCCCN1CC(=O)N(CCCCN(CC)Cc2ccccc2OC)CC1=O)Cc1ccccc1OC. The molecule has 0 bridgehead atoms. The van der Waals surface area contributed by atoms with Gasteiger partial charge in [0.05, 0.1) is 27.3 Å². The number of piperazine rings is 1. The summed E-state index contributed by atoms with van der Waals surface area (Å²) in [4.78, 5) is 33.8. The fraction of sp³-hybridized carbons (Fsp3) is 0.562. The van der Waals surface area contributed by atoms with E-state index in [-0.39, 0.29) is 24.9 Å². The Bertz CT molecular complexity index is 979. The summed E-state index contributed by atoms with van der Waals surface area (Å²) in [5, 5.41) is 0. The third-order valence-corrected chi connectivity index (χ3v) is 7.73. The van der Waals surface area contributed by atoms with Crippen molar-refractivity contribution in [3.05, 3.63) is 59.7 Å². The summed E-state index contributed by atoms with van der Waals surface area (Å²) < 4.78 is 11.0. The van der Waals surface area contributed by atoms with Crippen molar-refractivity contribution in [3.8, 4) is 11.5 Å². The standard InChI is InChI=1S/C32H48N4O4/c1-5-33(23-27-15-7-9-17-29(27)39-3)19-11-13-21-35-25-32(38)36(26-31(35)37)22-14-12-20-34(6-2)24-28-16-8-10-18-30(28)40-4/h7-10,15-18H,5-6,11-14,19-26H2,1-4H3. The van der Waals surface area contributed by atoms with Crippen LogP contribution in [0.2, 0.25) is 0 Å². The molecule has 0 unspecified atom stereocenters. The quantitative estimate of drug-likeness (QED) is 0.257.